The molecule has 0 saturated heterocycles. The zero-order valence-electron chi connectivity index (χ0n) is 21.3. The van der Waals surface area contributed by atoms with Crippen LogP contribution >= 0.6 is 7.92 Å². The van der Waals surface area contributed by atoms with Crippen molar-refractivity contribution in [2.75, 3.05) is 0 Å². The van der Waals surface area contributed by atoms with E-state index in [-0.39, 0.29) is 12.1 Å². The lowest BCUT2D eigenvalue weighted by Crippen LogP contribution is -2.26. The molecule has 0 amide bonds. The van der Waals surface area contributed by atoms with E-state index in [0.29, 0.717) is 47.4 Å². The molecule has 0 aliphatic heterocycles. The van der Waals surface area contributed by atoms with Gasteiger partial charge in [-0.3, -0.25) is 0 Å². The first-order valence-electron chi connectivity index (χ1n) is 12.1. The van der Waals surface area contributed by atoms with Crippen LogP contribution in [0.3, 0.4) is 0 Å². The molecule has 1 aliphatic carbocycles. The Hall–Kier alpha value is -3.27. The predicted molar refractivity (Wildman–Crippen MR) is 136 cm³/mol. The largest absolute Gasteiger partial charge is 0.416 e. The maximum atomic E-state index is 13.7. The highest BCUT2D eigenvalue weighted by Crippen LogP contribution is 2.50. The summed E-state index contributed by atoms with van der Waals surface area (Å²) in [5, 5.41) is -1.35. The molecule has 1 aliphatic rings. The van der Waals surface area contributed by atoms with Crippen LogP contribution < -0.4 is 10.6 Å². The van der Waals surface area contributed by atoms with E-state index in [4.69, 9.17) is 0 Å². The Morgan fingerprint density at radius 1 is 0.571 bits per heavy atom. The molecular weight excluding hydrogens is 607 g/mol. The standard InChI is InChI=1S/C29H19F12P/c1-16(24-8-5-9-25(24)17-6-3-2-4-7-17)42(22-12-18(26(30,31)32)10-19(13-22)27(33,34)35)23-14-20(28(36,37)38)11-21(15-23)29(39,40)41/h2-8,10-16H,9H2,1H3. The lowest BCUT2D eigenvalue weighted by atomic mass is 10.00. The van der Waals surface area contributed by atoms with Crippen LogP contribution in [0.1, 0.15) is 41.2 Å². The van der Waals surface area contributed by atoms with Crippen LogP contribution in [-0.4, -0.2) is 5.66 Å². The fourth-order valence-corrected chi connectivity index (χ4v) is 7.55. The Bertz CT molecular complexity index is 1370. The molecular formula is C29H19F12P. The van der Waals surface area contributed by atoms with E-state index in [1.165, 1.54) is 6.92 Å². The fraction of sp³-hybridized carbons (Fsp3) is 0.241. The van der Waals surface area contributed by atoms with Crippen molar-refractivity contribution in [3.05, 3.63) is 112 Å². The van der Waals surface area contributed by atoms with Crippen LogP contribution in [0, 0.1) is 0 Å². The third-order valence-corrected chi connectivity index (χ3v) is 9.31. The van der Waals surface area contributed by atoms with E-state index in [9.17, 15) is 52.7 Å². The number of allylic oxidation sites excluding steroid dienone is 4. The van der Waals surface area contributed by atoms with Gasteiger partial charge >= 0.3 is 24.7 Å². The monoisotopic (exact) mass is 626 g/mol. The Balaban J connectivity index is 2.07. The first-order chi connectivity index (χ1) is 19.3. The minimum Gasteiger partial charge on any atom is -0.166 e. The van der Waals surface area contributed by atoms with Crippen LogP contribution in [0.4, 0.5) is 52.7 Å². The summed E-state index contributed by atoms with van der Waals surface area (Å²) in [6.45, 7) is 1.38. The minimum atomic E-state index is -5.28. The topological polar surface area (TPSA) is 0 Å². The summed E-state index contributed by atoms with van der Waals surface area (Å²) in [6, 6.07) is 9.62. The maximum absolute atomic E-state index is 13.7. The van der Waals surface area contributed by atoms with Gasteiger partial charge in [0.2, 0.25) is 0 Å². The molecule has 224 valence electrons. The molecule has 13 heteroatoms. The summed E-state index contributed by atoms with van der Waals surface area (Å²) in [4.78, 5) is 0. The van der Waals surface area contributed by atoms with Gasteiger partial charge in [-0.15, -0.1) is 0 Å². The lowest BCUT2D eigenvalue weighted by Gasteiger charge is -2.30. The van der Waals surface area contributed by atoms with Crippen LogP contribution in [0.2, 0.25) is 0 Å². The van der Waals surface area contributed by atoms with Crippen LogP contribution in [0.25, 0.3) is 5.57 Å². The first-order valence-corrected chi connectivity index (χ1v) is 13.5. The Morgan fingerprint density at radius 3 is 1.31 bits per heavy atom. The summed E-state index contributed by atoms with van der Waals surface area (Å²) < 4.78 is 165. The maximum Gasteiger partial charge on any atom is 0.416 e. The second-order valence-electron chi connectivity index (χ2n) is 9.48. The summed E-state index contributed by atoms with van der Waals surface area (Å²) in [5.41, 5.74) is -6.39. The van der Waals surface area contributed by atoms with Gasteiger partial charge in [-0.2, -0.15) is 52.7 Å². The van der Waals surface area contributed by atoms with E-state index >= 15 is 0 Å². The quantitative estimate of drug-likeness (QED) is 0.195. The smallest absolute Gasteiger partial charge is 0.166 e. The number of hydrogen-bond acceptors (Lipinski definition) is 0. The molecule has 42 heavy (non-hydrogen) atoms. The summed E-state index contributed by atoms with van der Waals surface area (Å²) in [6.07, 6.45) is -17.7. The molecule has 0 fully saturated rings. The van der Waals surface area contributed by atoms with Gasteiger partial charge in [0.05, 0.1) is 22.3 Å². The van der Waals surface area contributed by atoms with Gasteiger partial charge in [0.25, 0.3) is 0 Å². The van der Waals surface area contributed by atoms with Crippen molar-refractivity contribution in [3.8, 4) is 0 Å². The Morgan fingerprint density at radius 2 is 0.952 bits per heavy atom. The van der Waals surface area contributed by atoms with Crippen molar-refractivity contribution in [1.29, 1.82) is 0 Å². The average molecular weight is 626 g/mol. The highest BCUT2D eigenvalue weighted by Gasteiger charge is 2.41. The molecule has 0 saturated carbocycles. The van der Waals surface area contributed by atoms with Gasteiger partial charge in [-0.05, 0) is 78.1 Å². The molecule has 0 aromatic heterocycles. The van der Waals surface area contributed by atoms with E-state index in [0.717, 1.165) is 0 Å². The van der Waals surface area contributed by atoms with Gasteiger partial charge < -0.3 is 0 Å². The summed E-state index contributed by atoms with van der Waals surface area (Å²) in [7, 11) is -2.70. The SMILES string of the molecule is CC(C1=C(c2ccccc2)CC=C1)P(c1cc(C(F)(F)F)cc(C(F)(F)F)c1)c1cc(C(F)(F)F)cc(C(F)(F)F)c1. The number of hydrogen-bond donors (Lipinski definition) is 0. The normalized spacial score (nSPS) is 15.6. The average Bonchev–Trinajstić information content (AvgIpc) is 3.37. The van der Waals surface area contributed by atoms with E-state index in [1.807, 2.05) is 0 Å². The van der Waals surface area contributed by atoms with Gasteiger partial charge in [-0.25, -0.2) is 0 Å². The molecule has 0 heterocycles. The zero-order valence-corrected chi connectivity index (χ0v) is 22.2. The summed E-state index contributed by atoms with van der Waals surface area (Å²) in [5.74, 6) is 0. The van der Waals surface area contributed by atoms with Crippen molar-refractivity contribution in [1.82, 2.24) is 0 Å². The number of rotatable bonds is 5. The molecule has 0 nitrogen and oxygen atoms in total. The molecule has 3 aromatic rings. The van der Waals surface area contributed by atoms with Crippen LogP contribution in [0.5, 0.6) is 0 Å². The van der Waals surface area contributed by atoms with E-state index in [1.54, 1.807) is 42.5 Å². The van der Waals surface area contributed by atoms with Gasteiger partial charge in [0.1, 0.15) is 0 Å². The van der Waals surface area contributed by atoms with Gasteiger partial charge in [-0.1, -0.05) is 49.4 Å². The van der Waals surface area contributed by atoms with Crippen molar-refractivity contribution >= 4 is 24.1 Å². The van der Waals surface area contributed by atoms with Gasteiger partial charge in [0, 0.05) is 5.66 Å². The lowest BCUT2D eigenvalue weighted by molar-refractivity contribution is -0.144. The van der Waals surface area contributed by atoms with Crippen molar-refractivity contribution in [2.45, 2.75) is 43.7 Å². The fourth-order valence-electron chi connectivity index (χ4n) is 4.73. The van der Waals surface area contributed by atoms with Crippen molar-refractivity contribution in [2.24, 2.45) is 0 Å². The summed E-state index contributed by atoms with van der Waals surface area (Å²) >= 11 is 0. The first kappa shape index (κ1) is 31.7. The van der Waals surface area contributed by atoms with E-state index in [2.05, 4.69) is 0 Å². The molecule has 3 aromatic carbocycles. The molecule has 0 N–H and O–H groups in total. The second-order valence-corrected chi connectivity index (χ2v) is 12.0. The zero-order chi connectivity index (χ0) is 31.3. The molecule has 0 radical (unpaired) electrons. The second kappa shape index (κ2) is 11.1. The number of benzene rings is 3. The van der Waals surface area contributed by atoms with Crippen molar-refractivity contribution < 1.29 is 52.7 Å². The van der Waals surface area contributed by atoms with Gasteiger partial charge in [0.15, 0.2) is 0 Å². The third kappa shape index (κ3) is 6.85. The molecule has 0 bridgehead atoms. The number of alkyl halides is 12. The minimum absolute atomic E-state index is 0.140. The number of halogens is 12. The predicted octanol–water partition coefficient (Wildman–Crippen LogP) is 10.00. The van der Waals surface area contributed by atoms with Crippen LogP contribution in [-0.2, 0) is 24.7 Å². The Kier molecular flexibility index (Phi) is 8.36. The highest BCUT2D eigenvalue weighted by atomic mass is 31.1. The van der Waals surface area contributed by atoms with Crippen molar-refractivity contribution in [3.63, 3.8) is 0 Å². The third-order valence-electron chi connectivity index (χ3n) is 6.63. The van der Waals surface area contributed by atoms with E-state index < -0.39 is 71.1 Å². The molecule has 0 spiro atoms. The van der Waals surface area contributed by atoms with Crippen LogP contribution in [0.15, 0.2) is 84.5 Å². The molecule has 1 atom stereocenters. The molecule has 1 unspecified atom stereocenters. The Labute approximate surface area is 233 Å². The highest BCUT2D eigenvalue weighted by molar-refractivity contribution is 7.73. The molecule has 4 rings (SSSR count).